The van der Waals surface area contributed by atoms with Crippen LogP contribution in [0.1, 0.15) is 5.56 Å². The Morgan fingerprint density at radius 3 is 2.58 bits per heavy atom. The fourth-order valence-corrected chi connectivity index (χ4v) is 2.13. The van der Waals surface area contributed by atoms with E-state index in [2.05, 4.69) is 5.10 Å². The van der Waals surface area contributed by atoms with Crippen molar-refractivity contribution in [3.63, 3.8) is 0 Å². The molecule has 0 fully saturated rings. The zero-order valence-corrected chi connectivity index (χ0v) is 10.5. The van der Waals surface area contributed by atoms with Crippen molar-refractivity contribution in [2.75, 3.05) is 7.11 Å². The van der Waals surface area contributed by atoms with Crippen LogP contribution in [0.5, 0.6) is 5.88 Å². The molecular formula is C15H13FN2O. The number of hydrogen-bond acceptors (Lipinski definition) is 2. The molecule has 0 saturated carbocycles. The topological polar surface area (TPSA) is 27.1 Å². The molecule has 3 rings (SSSR count). The number of benzene rings is 2. The second-order valence-electron chi connectivity index (χ2n) is 4.31. The van der Waals surface area contributed by atoms with Crippen molar-refractivity contribution in [2.24, 2.45) is 0 Å². The second kappa shape index (κ2) is 4.72. The molecule has 1 aromatic heterocycles. The highest BCUT2D eigenvalue weighted by Gasteiger charge is 2.10. The molecule has 0 aliphatic carbocycles. The monoisotopic (exact) mass is 256 g/mol. The highest BCUT2D eigenvalue weighted by molar-refractivity contribution is 5.84. The Bertz CT molecular complexity index is 704. The van der Waals surface area contributed by atoms with E-state index >= 15 is 0 Å². The molecule has 0 aliphatic heterocycles. The molecule has 0 unspecified atom stereocenters. The third kappa shape index (κ3) is 2.17. The maximum Gasteiger partial charge on any atom is 0.240 e. The lowest BCUT2D eigenvalue weighted by atomic mass is 10.2. The zero-order chi connectivity index (χ0) is 13.2. The van der Waals surface area contributed by atoms with E-state index in [1.807, 2.05) is 28.9 Å². The number of para-hydroxylation sites is 1. The zero-order valence-electron chi connectivity index (χ0n) is 10.5. The minimum atomic E-state index is -0.230. The van der Waals surface area contributed by atoms with Crippen LogP contribution in [-0.4, -0.2) is 16.9 Å². The van der Waals surface area contributed by atoms with Crippen LogP contribution >= 0.6 is 0 Å². The lowest BCUT2D eigenvalue weighted by Gasteiger charge is -2.03. The summed E-state index contributed by atoms with van der Waals surface area (Å²) in [5.41, 5.74) is 2.00. The van der Waals surface area contributed by atoms with E-state index in [4.69, 9.17) is 4.74 Å². The van der Waals surface area contributed by atoms with Crippen LogP contribution in [-0.2, 0) is 6.54 Å². The van der Waals surface area contributed by atoms with Crippen molar-refractivity contribution in [3.8, 4) is 5.88 Å². The SMILES string of the molecule is COc1nn(Cc2ccc(F)cc2)c2ccccc12. The predicted octanol–water partition coefficient (Wildman–Crippen LogP) is 3.23. The van der Waals surface area contributed by atoms with Gasteiger partial charge in [0.15, 0.2) is 0 Å². The highest BCUT2D eigenvalue weighted by atomic mass is 19.1. The summed E-state index contributed by atoms with van der Waals surface area (Å²) in [5, 5.41) is 5.41. The molecule has 19 heavy (non-hydrogen) atoms. The smallest absolute Gasteiger partial charge is 0.240 e. The van der Waals surface area contributed by atoms with E-state index in [-0.39, 0.29) is 5.82 Å². The van der Waals surface area contributed by atoms with Gasteiger partial charge < -0.3 is 4.74 Å². The van der Waals surface area contributed by atoms with Crippen LogP contribution in [0.2, 0.25) is 0 Å². The third-order valence-electron chi connectivity index (χ3n) is 3.06. The van der Waals surface area contributed by atoms with E-state index in [9.17, 15) is 4.39 Å². The molecule has 0 radical (unpaired) electrons. The third-order valence-corrected chi connectivity index (χ3v) is 3.06. The van der Waals surface area contributed by atoms with Gasteiger partial charge in [-0.15, -0.1) is 5.10 Å². The first-order valence-electron chi connectivity index (χ1n) is 6.02. The molecule has 0 aliphatic rings. The Kier molecular flexibility index (Phi) is 2.91. The Morgan fingerprint density at radius 2 is 1.84 bits per heavy atom. The van der Waals surface area contributed by atoms with Crippen LogP contribution in [0.4, 0.5) is 4.39 Å². The predicted molar refractivity (Wildman–Crippen MR) is 71.8 cm³/mol. The Balaban J connectivity index is 2.03. The van der Waals surface area contributed by atoms with Gasteiger partial charge in [0.05, 0.1) is 24.6 Å². The molecule has 3 aromatic rings. The van der Waals surface area contributed by atoms with Gasteiger partial charge in [-0.2, -0.15) is 0 Å². The van der Waals surface area contributed by atoms with Crippen LogP contribution in [0.3, 0.4) is 0 Å². The minimum Gasteiger partial charge on any atom is -0.479 e. The second-order valence-corrected chi connectivity index (χ2v) is 4.31. The minimum absolute atomic E-state index is 0.230. The van der Waals surface area contributed by atoms with Gasteiger partial charge in [-0.1, -0.05) is 24.3 Å². The number of ether oxygens (including phenoxy) is 1. The van der Waals surface area contributed by atoms with Crippen molar-refractivity contribution in [2.45, 2.75) is 6.54 Å². The summed E-state index contributed by atoms with van der Waals surface area (Å²) in [5.74, 6) is 0.379. The van der Waals surface area contributed by atoms with Crippen LogP contribution in [0.25, 0.3) is 10.9 Å². The van der Waals surface area contributed by atoms with E-state index in [1.165, 1.54) is 12.1 Å². The maximum absolute atomic E-state index is 12.9. The number of fused-ring (bicyclic) bond motifs is 1. The average molecular weight is 256 g/mol. The number of rotatable bonds is 3. The standard InChI is InChI=1S/C15H13FN2O/c1-19-15-13-4-2-3-5-14(13)18(17-15)10-11-6-8-12(16)9-7-11/h2-9H,10H2,1H3. The van der Waals surface area contributed by atoms with Gasteiger partial charge in [0, 0.05) is 0 Å². The van der Waals surface area contributed by atoms with Gasteiger partial charge in [-0.05, 0) is 29.8 Å². The molecule has 0 saturated heterocycles. The van der Waals surface area contributed by atoms with Crippen molar-refractivity contribution >= 4 is 10.9 Å². The molecule has 0 amide bonds. The van der Waals surface area contributed by atoms with Gasteiger partial charge in [0.25, 0.3) is 0 Å². The summed E-state index contributed by atoms with van der Waals surface area (Å²) in [6.45, 7) is 0.587. The van der Waals surface area contributed by atoms with Crippen LogP contribution in [0.15, 0.2) is 48.5 Å². The number of halogens is 1. The first-order chi connectivity index (χ1) is 9.28. The number of aromatic nitrogens is 2. The van der Waals surface area contributed by atoms with Crippen molar-refractivity contribution in [1.29, 1.82) is 0 Å². The maximum atomic E-state index is 12.9. The van der Waals surface area contributed by atoms with Crippen molar-refractivity contribution in [3.05, 3.63) is 59.9 Å². The summed E-state index contributed by atoms with van der Waals surface area (Å²) in [6.07, 6.45) is 0. The molecule has 0 bridgehead atoms. The highest BCUT2D eigenvalue weighted by Crippen LogP contribution is 2.24. The van der Waals surface area contributed by atoms with Crippen LogP contribution < -0.4 is 4.74 Å². The van der Waals surface area contributed by atoms with E-state index < -0.39 is 0 Å². The molecule has 4 heteroatoms. The van der Waals surface area contributed by atoms with E-state index in [0.29, 0.717) is 12.4 Å². The first-order valence-corrected chi connectivity index (χ1v) is 6.02. The van der Waals surface area contributed by atoms with E-state index in [1.54, 1.807) is 19.2 Å². The van der Waals surface area contributed by atoms with Gasteiger partial charge in [-0.25, -0.2) is 4.39 Å². The van der Waals surface area contributed by atoms with Gasteiger partial charge in [0.2, 0.25) is 5.88 Å². The Morgan fingerprint density at radius 1 is 1.11 bits per heavy atom. The van der Waals surface area contributed by atoms with Crippen LogP contribution in [0, 0.1) is 5.82 Å². The fraction of sp³-hybridized carbons (Fsp3) is 0.133. The molecule has 3 nitrogen and oxygen atoms in total. The van der Waals surface area contributed by atoms with Gasteiger partial charge in [-0.3, -0.25) is 4.68 Å². The van der Waals surface area contributed by atoms with Gasteiger partial charge >= 0.3 is 0 Å². The molecule has 0 atom stereocenters. The van der Waals surface area contributed by atoms with E-state index in [0.717, 1.165) is 16.5 Å². The molecule has 1 heterocycles. The molecular weight excluding hydrogens is 243 g/mol. The Labute approximate surface area is 110 Å². The van der Waals surface area contributed by atoms with Crippen molar-refractivity contribution in [1.82, 2.24) is 9.78 Å². The number of nitrogens with zero attached hydrogens (tertiary/aromatic N) is 2. The summed E-state index contributed by atoms with van der Waals surface area (Å²) in [6, 6.07) is 14.3. The lowest BCUT2D eigenvalue weighted by Crippen LogP contribution is -2.01. The first kappa shape index (κ1) is 11.7. The fourth-order valence-electron chi connectivity index (χ4n) is 2.13. The molecule has 0 N–H and O–H groups in total. The number of hydrogen-bond donors (Lipinski definition) is 0. The van der Waals surface area contributed by atoms with Gasteiger partial charge in [0.1, 0.15) is 5.82 Å². The largest absolute Gasteiger partial charge is 0.479 e. The average Bonchev–Trinajstić information content (AvgIpc) is 2.80. The summed E-state index contributed by atoms with van der Waals surface area (Å²) in [7, 11) is 1.61. The molecule has 96 valence electrons. The number of methoxy groups -OCH3 is 1. The quantitative estimate of drug-likeness (QED) is 0.719. The van der Waals surface area contributed by atoms with Crippen molar-refractivity contribution < 1.29 is 9.13 Å². The summed E-state index contributed by atoms with van der Waals surface area (Å²) < 4.78 is 20.0. The summed E-state index contributed by atoms with van der Waals surface area (Å²) in [4.78, 5) is 0. The normalized spacial score (nSPS) is 10.8. The molecule has 0 spiro atoms. The molecule has 2 aromatic carbocycles. The lowest BCUT2D eigenvalue weighted by molar-refractivity contribution is 0.394. The Hall–Kier alpha value is -2.36. The summed E-state index contributed by atoms with van der Waals surface area (Å²) >= 11 is 0.